The number of methoxy groups -OCH3 is 1. The number of rotatable bonds is 2. The maximum Gasteiger partial charge on any atom is 0.133 e. The van der Waals surface area contributed by atoms with E-state index in [2.05, 4.69) is 46.9 Å². The van der Waals surface area contributed by atoms with Crippen LogP contribution in [-0.2, 0) is 4.74 Å². The van der Waals surface area contributed by atoms with Gasteiger partial charge in [0.05, 0.1) is 13.2 Å². The monoisotopic (exact) mass is 304 g/mol. The van der Waals surface area contributed by atoms with Crippen LogP contribution in [0.2, 0.25) is 0 Å². The first kappa shape index (κ1) is 15.2. The minimum atomic E-state index is 0.107. The lowest BCUT2D eigenvalue weighted by Gasteiger charge is -2.31. The summed E-state index contributed by atoms with van der Waals surface area (Å²) in [7, 11) is 1.70. The molecule has 3 nitrogen and oxygen atoms in total. The van der Waals surface area contributed by atoms with Crippen LogP contribution in [0.5, 0.6) is 0 Å². The molecule has 2 heterocycles. The van der Waals surface area contributed by atoms with Gasteiger partial charge >= 0.3 is 0 Å². The fraction of sp³-hybridized carbons (Fsp3) is 0.250. The second kappa shape index (κ2) is 7.02. The van der Waals surface area contributed by atoms with Crippen LogP contribution in [0.3, 0.4) is 0 Å². The lowest BCUT2D eigenvalue weighted by Crippen LogP contribution is -2.32. The third kappa shape index (κ3) is 3.37. The zero-order valence-corrected chi connectivity index (χ0v) is 13.5. The highest BCUT2D eigenvalue weighted by Crippen LogP contribution is 2.29. The van der Waals surface area contributed by atoms with E-state index in [4.69, 9.17) is 4.74 Å². The van der Waals surface area contributed by atoms with Crippen molar-refractivity contribution in [3.63, 3.8) is 0 Å². The van der Waals surface area contributed by atoms with Crippen LogP contribution in [0.25, 0.3) is 0 Å². The second-order valence-corrected chi connectivity index (χ2v) is 5.50. The van der Waals surface area contributed by atoms with E-state index >= 15 is 0 Å². The predicted molar refractivity (Wildman–Crippen MR) is 93.6 cm³/mol. The molecule has 3 rings (SSSR count). The molecule has 1 atom stereocenters. The maximum absolute atomic E-state index is 5.48. The van der Waals surface area contributed by atoms with Crippen molar-refractivity contribution in [2.45, 2.75) is 25.8 Å². The van der Waals surface area contributed by atoms with Crippen molar-refractivity contribution in [1.29, 1.82) is 0 Å². The van der Waals surface area contributed by atoms with E-state index in [1.54, 1.807) is 7.11 Å². The van der Waals surface area contributed by atoms with Gasteiger partial charge in [-0.25, -0.2) is 4.98 Å². The van der Waals surface area contributed by atoms with Gasteiger partial charge < -0.3 is 9.64 Å². The van der Waals surface area contributed by atoms with Gasteiger partial charge in [0.1, 0.15) is 11.6 Å². The molecule has 0 fully saturated rings. The summed E-state index contributed by atoms with van der Waals surface area (Å²) in [4.78, 5) is 6.80. The first-order valence-corrected chi connectivity index (χ1v) is 7.79. The fourth-order valence-electron chi connectivity index (χ4n) is 2.84. The molecule has 0 N–H and O–H groups in total. The van der Waals surface area contributed by atoms with E-state index in [1.807, 2.05) is 36.5 Å². The molecule has 1 aromatic rings. The summed E-state index contributed by atoms with van der Waals surface area (Å²) in [5.74, 6) is 8.08. The third-order valence-corrected chi connectivity index (χ3v) is 3.94. The molecular formula is C20H20N2O. The van der Waals surface area contributed by atoms with E-state index in [0.29, 0.717) is 0 Å². The van der Waals surface area contributed by atoms with Crippen LogP contribution < -0.4 is 4.90 Å². The topological polar surface area (TPSA) is 25.4 Å². The average molecular weight is 304 g/mol. The molecule has 0 bridgehead atoms. The predicted octanol–water partition coefficient (Wildman–Crippen LogP) is 3.98. The van der Waals surface area contributed by atoms with Crippen LogP contribution in [0.1, 0.15) is 19.8 Å². The highest BCUT2D eigenvalue weighted by atomic mass is 16.5. The van der Waals surface area contributed by atoms with Gasteiger partial charge in [-0.15, -0.1) is 0 Å². The van der Waals surface area contributed by atoms with Gasteiger partial charge in [-0.1, -0.05) is 24.0 Å². The standard InChI is InChI=1S/C20H20N2O/c1-16-15-18(23-2)11-8-10-17-9-4-3-5-12-19(17)22(16)20-13-6-7-14-21-20/h5-8,11-16H,9-10H2,1-2H3/b11-8-,18-15+/t16-/m0/s1. The molecule has 116 valence electrons. The van der Waals surface area contributed by atoms with Crippen molar-refractivity contribution in [3.05, 3.63) is 71.8 Å². The van der Waals surface area contributed by atoms with E-state index in [9.17, 15) is 0 Å². The van der Waals surface area contributed by atoms with E-state index in [0.717, 1.165) is 30.1 Å². The normalized spacial score (nSPS) is 24.0. The number of aromatic nitrogens is 1. The Hall–Kier alpha value is -2.73. The first-order valence-electron chi connectivity index (χ1n) is 7.79. The molecule has 0 amide bonds. The number of ether oxygens (including phenoxy) is 1. The van der Waals surface area contributed by atoms with Crippen LogP contribution >= 0.6 is 0 Å². The molecule has 0 aromatic carbocycles. The highest BCUT2D eigenvalue weighted by molar-refractivity contribution is 5.56. The van der Waals surface area contributed by atoms with Gasteiger partial charge in [0.15, 0.2) is 0 Å². The highest BCUT2D eigenvalue weighted by Gasteiger charge is 2.21. The Bertz CT molecular complexity index is 745. The number of allylic oxidation sites excluding steroid dienone is 5. The van der Waals surface area contributed by atoms with Crippen LogP contribution in [0.4, 0.5) is 5.82 Å². The Kier molecular flexibility index (Phi) is 4.63. The summed E-state index contributed by atoms with van der Waals surface area (Å²) in [5.41, 5.74) is 2.46. The summed E-state index contributed by atoms with van der Waals surface area (Å²) in [6.07, 6.45) is 13.8. The Morgan fingerprint density at radius 1 is 1.30 bits per heavy atom. The Balaban J connectivity index is 2.14. The minimum absolute atomic E-state index is 0.107. The average Bonchev–Trinajstić information content (AvgIpc) is 2.77. The largest absolute Gasteiger partial charge is 0.497 e. The summed E-state index contributed by atoms with van der Waals surface area (Å²) in [6, 6.07) is 6.09. The van der Waals surface area contributed by atoms with Crippen molar-refractivity contribution in [2.75, 3.05) is 12.0 Å². The SMILES string of the molecule is COC1=C/[C@H](C)N(c2ccccn2)C2=C(CC#CC=C2)C/C=C\1. The van der Waals surface area contributed by atoms with Crippen molar-refractivity contribution in [3.8, 4) is 11.8 Å². The Morgan fingerprint density at radius 3 is 3.00 bits per heavy atom. The molecule has 1 aliphatic heterocycles. The lowest BCUT2D eigenvalue weighted by molar-refractivity contribution is 0.304. The molecule has 0 saturated carbocycles. The van der Waals surface area contributed by atoms with Crippen LogP contribution in [0, 0.1) is 11.8 Å². The molecule has 2 aliphatic rings. The molecule has 0 unspecified atom stereocenters. The van der Waals surface area contributed by atoms with E-state index < -0.39 is 0 Å². The maximum atomic E-state index is 5.48. The van der Waals surface area contributed by atoms with E-state index in [-0.39, 0.29) is 6.04 Å². The van der Waals surface area contributed by atoms with Crippen LogP contribution in [0.15, 0.2) is 71.8 Å². The van der Waals surface area contributed by atoms with Gasteiger partial charge in [0.2, 0.25) is 0 Å². The summed E-state index contributed by atoms with van der Waals surface area (Å²) >= 11 is 0. The number of pyridine rings is 1. The zero-order valence-electron chi connectivity index (χ0n) is 13.5. The zero-order chi connectivity index (χ0) is 16.1. The molecule has 0 spiro atoms. The molecule has 0 saturated heterocycles. The molecule has 1 aromatic heterocycles. The van der Waals surface area contributed by atoms with Gasteiger partial charge in [-0.2, -0.15) is 0 Å². The number of hydrogen-bond donors (Lipinski definition) is 0. The number of hydrogen-bond acceptors (Lipinski definition) is 3. The quantitative estimate of drug-likeness (QED) is 0.773. The Labute approximate surface area is 137 Å². The van der Waals surface area contributed by atoms with Crippen molar-refractivity contribution >= 4 is 5.82 Å². The van der Waals surface area contributed by atoms with Gasteiger partial charge in [-0.05, 0) is 55.4 Å². The fourth-order valence-corrected chi connectivity index (χ4v) is 2.84. The first-order chi connectivity index (χ1) is 11.3. The van der Waals surface area contributed by atoms with E-state index in [1.165, 1.54) is 5.57 Å². The summed E-state index contributed by atoms with van der Waals surface area (Å²) in [6.45, 7) is 2.15. The molecule has 1 aliphatic carbocycles. The number of anilines is 1. The Morgan fingerprint density at radius 2 is 2.22 bits per heavy atom. The smallest absolute Gasteiger partial charge is 0.133 e. The van der Waals surface area contributed by atoms with Gasteiger partial charge in [0.25, 0.3) is 0 Å². The minimum Gasteiger partial charge on any atom is -0.497 e. The van der Waals surface area contributed by atoms with Crippen molar-refractivity contribution < 1.29 is 4.74 Å². The van der Waals surface area contributed by atoms with Gasteiger partial charge in [0, 0.05) is 18.3 Å². The van der Waals surface area contributed by atoms with Gasteiger partial charge in [-0.3, -0.25) is 0 Å². The third-order valence-electron chi connectivity index (χ3n) is 3.94. The molecular weight excluding hydrogens is 284 g/mol. The lowest BCUT2D eigenvalue weighted by atomic mass is 10.0. The molecule has 3 heteroatoms. The van der Waals surface area contributed by atoms with Crippen molar-refractivity contribution in [2.24, 2.45) is 0 Å². The summed E-state index contributed by atoms with van der Waals surface area (Å²) < 4.78 is 5.48. The summed E-state index contributed by atoms with van der Waals surface area (Å²) in [5, 5.41) is 0. The second-order valence-electron chi connectivity index (χ2n) is 5.50. The molecule has 0 radical (unpaired) electrons. The number of nitrogens with zero attached hydrogens (tertiary/aromatic N) is 2. The van der Waals surface area contributed by atoms with Crippen molar-refractivity contribution in [1.82, 2.24) is 4.98 Å². The van der Waals surface area contributed by atoms with Crippen LogP contribution in [-0.4, -0.2) is 18.1 Å². The molecule has 23 heavy (non-hydrogen) atoms.